The fourth-order valence-corrected chi connectivity index (χ4v) is 3.47. The first-order valence-corrected chi connectivity index (χ1v) is 9.26. The fourth-order valence-electron chi connectivity index (χ4n) is 3.47. The van der Waals surface area contributed by atoms with Crippen molar-refractivity contribution in [3.05, 3.63) is 60.2 Å². The molecule has 0 N–H and O–H groups in total. The molecule has 0 radical (unpaired) electrons. The normalized spacial score (nSPS) is 14.9. The van der Waals surface area contributed by atoms with E-state index in [1.54, 1.807) is 21.8 Å². The third kappa shape index (κ3) is 3.74. The molecule has 1 fully saturated rings. The maximum atomic E-state index is 13.6. The predicted octanol–water partition coefficient (Wildman–Crippen LogP) is 4.21. The summed E-state index contributed by atoms with van der Waals surface area (Å²) in [6.45, 7) is 3.41. The van der Waals surface area contributed by atoms with Crippen molar-refractivity contribution in [1.82, 2.24) is 19.7 Å². The number of fused-ring (bicyclic) bond motifs is 1. The van der Waals surface area contributed by atoms with Gasteiger partial charge in [0, 0.05) is 30.8 Å². The van der Waals surface area contributed by atoms with Gasteiger partial charge in [-0.2, -0.15) is 5.10 Å². The molecule has 150 valence electrons. The Balaban J connectivity index is 1.59. The van der Waals surface area contributed by atoms with Crippen molar-refractivity contribution in [3.63, 3.8) is 0 Å². The largest absolute Gasteiger partial charge is 0.340 e. The maximum Gasteiger partial charge on any atom is 0.266 e. The van der Waals surface area contributed by atoms with E-state index >= 15 is 0 Å². The molecule has 1 aromatic carbocycles. The second-order valence-corrected chi connectivity index (χ2v) is 7.05. The SMILES string of the molecule is C/C=C\C1CN(C(=O)Cn2ncc3ncc(-c4ccc(F)c(C(F)F)c4)cc32)C1. The lowest BCUT2D eigenvalue weighted by molar-refractivity contribution is -0.137. The average Bonchev–Trinajstić information content (AvgIpc) is 3.06. The molecule has 2 aromatic heterocycles. The van der Waals surface area contributed by atoms with Gasteiger partial charge in [-0.25, -0.2) is 13.2 Å². The van der Waals surface area contributed by atoms with E-state index in [0.29, 0.717) is 41.2 Å². The standard InChI is InChI=1S/C21H19F3N4O/c1-2-3-13-10-27(11-13)20(29)12-28-19-7-15(8-25-18(19)9-26-28)14-4-5-17(22)16(6-14)21(23)24/h2-9,13,21H,10-12H2,1H3/b3-2-. The number of hydrogen-bond acceptors (Lipinski definition) is 3. The number of amides is 1. The lowest BCUT2D eigenvalue weighted by atomic mass is 10.00. The topological polar surface area (TPSA) is 51.0 Å². The zero-order valence-corrected chi connectivity index (χ0v) is 15.7. The van der Waals surface area contributed by atoms with Gasteiger partial charge < -0.3 is 4.90 Å². The highest BCUT2D eigenvalue weighted by molar-refractivity contribution is 5.83. The molecular formula is C21H19F3N4O. The number of pyridine rings is 1. The number of allylic oxidation sites excluding steroid dienone is 1. The molecule has 3 heterocycles. The zero-order chi connectivity index (χ0) is 20.5. The molecule has 29 heavy (non-hydrogen) atoms. The highest BCUT2D eigenvalue weighted by Gasteiger charge is 2.28. The average molecular weight is 400 g/mol. The lowest BCUT2D eigenvalue weighted by Crippen LogP contribution is -2.50. The summed E-state index contributed by atoms with van der Waals surface area (Å²) in [5.41, 5.74) is 1.52. The Bertz CT molecular complexity index is 1090. The van der Waals surface area contributed by atoms with Crippen molar-refractivity contribution in [3.8, 4) is 11.1 Å². The third-order valence-electron chi connectivity index (χ3n) is 5.07. The van der Waals surface area contributed by atoms with Gasteiger partial charge in [0.1, 0.15) is 17.9 Å². The van der Waals surface area contributed by atoms with Crippen molar-refractivity contribution < 1.29 is 18.0 Å². The molecule has 0 saturated carbocycles. The van der Waals surface area contributed by atoms with Crippen molar-refractivity contribution in [2.24, 2.45) is 5.92 Å². The van der Waals surface area contributed by atoms with Crippen LogP contribution in [0.15, 0.2) is 48.8 Å². The van der Waals surface area contributed by atoms with Crippen LogP contribution in [-0.2, 0) is 11.3 Å². The van der Waals surface area contributed by atoms with Gasteiger partial charge in [0.15, 0.2) is 0 Å². The van der Waals surface area contributed by atoms with E-state index in [4.69, 9.17) is 0 Å². The van der Waals surface area contributed by atoms with Gasteiger partial charge in [0.2, 0.25) is 5.91 Å². The minimum atomic E-state index is -2.90. The second-order valence-electron chi connectivity index (χ2n) is 7.05. The van der Waals surface area contributed by atoms with E-state index in [-0.39, 0.29) is 12.5 Å². The number of hydrogen-bond donors (Lipinski definition) is 0. The summed E-state index contributed by atoms with van der Waals surface area (Å²) in [6.07, 6.45) is 4.24. The summed E-state index contributed by atoms with van der Waals surface area (Å²) in [5, 5.41) is 4.24. The Morgan fingerprint density at radius 3 is 2.76 bits per heavy atom. The molecule has 1 amide bonds. The first-order chi connectivity index (χ1) is 14.0. The first kappa shape index (κ1) is 19.2. The molecular weight excluding hydrogens is 381 g/mol. The minimum absolute atomic E-state index is 0.0390. The molecule has 3 aromatic rings. The van der Waals surface area contributed by atoms with Gasteiger partial charge in [0.25, 0.3) is 6.43 Å². The van der Waals surface area contributed by atoms with Crippen LogP contribution in [0.5, 0.6) is 0 Å². The number of carbonyl (C=O) groups is 1. The summed E-state index contributed by atoms with van der Waals surface area (Å²) in [4.78, 5) is 18.6. The number of alkyl halides is 2. The van der Waals surface area contributed by atoms with Gasteiger partial charge in [0.05, 0.1) is 17.3 Å². The van der Waals surface area contributed by atoms with Crippen LogP contribution in [0.25, 0.3) is 22.2 Å². The minimum Gasteiger partial charge on any atom is -0.340 e. The fraction of sp³-hybridized carbons (Fsp3) is 0.286. The first-order valence-electron chi connectivity index (χ1n) is 9.26. The molecule has 4 rings (SSSR count). The molecule has 0 spiro atoms. The molecule has 0 aliphatic carbocycles. The second kappa shape index (κ2) is 7.69. The van der Waals surface area contributed by atoms with E-state index in [1.165, 1.54) is 12.3 Å². The number of likely N-dealkylation sites (tertiary alicyclic amines) is 1. The number of halogens is 3. The number of nitrogens with zero attached hydrogens (tertiary/aromatic N) is 4. The summed E-state index contributed by atoms with van der Waals surface area (Å²) in [5.74, 6) is -0.587. The van der Waals surface area contributed by atoms with Crippen LogP contribution in [0.4, 0.5) is 13.2 Å². The molecule has 0 bridgehead atoms. The van der Waals surface area contributed by atoms with Gasteiger partial charge in [-0.05, 0) is 30.7 Å². The lowest BCUT2D eigenvalue weighted by Gasteiger charge is -2.37. The van der Waals surface area contributed by atoms with Crippen LogP contribution in [-0.4, -0.2) is 38.7 Å². The Hall–Kier alpha value is -3.16. The van der Waals surface area contributed by atoms with Crippen molar-refractivity contribution in [2.75, 3.05) is 13.1 Å². The van der Waals surface area contributed by atoms with Crippen LogP contribution in [0.3, 0.4) is 0 Å². The quantitative estimate of drug-likeness (QED) is 0.603. The van der Waals surface area contributed by atoms with Crippen molar-refractivity contribution in [2.45, 2.75) is 19.9 Å². The van der Waals surface area contributed by atoms with Crippen LogP contribution in [0, 0.1) is 11.7 Å². The Morgan fingerprint density at radius 1 is 1.24 bits per heavy atom. The molecule has 1 saturated heterocycles. The summed E-state index contributed by atoms with van der Waals surface area (Å²) in [6, 6.07) is 5.30. The summed E-state index contributed by atoms with van der Waals surface area (Å²) < 4.78 is 41.2. The van der Waals surface area contributed by atoms with E-state index in [0.717, 1.165) is 12.1 Å². The molecule has 1 aliphatic rings. The third-order valence-corrected chi connectivity index (χ3v) is 5.07. The molecule has 8 heteroatoms. The smallest absolute Gasteiger partial charge is 0.266 e. The van der Waals surface area contributed by atoms with Crippen molar-refractivity contribution in [1.29, 1.82) is 0 Å². The molecule has 5 nitrogen and oxygen atoms in total. The maximum absolute atomic E-state index is 13.6. The molecule has 0 atom stereocenters. The van der Waals surface area contributed by atoms with Gasteiger partial charge >= 0.3 is 0 Å². The van der Waals surface area contributed by atoms with E-state index in [2.05, 4.69) is 16.2 Å². The Labute approximate surface area is 165 Å². The van der Waals surface area contributed by atoms with Crippen LogP contribution >= 0.6 is 0 Å². The number of benzene rings is 1. The Morgan fingerprint density at radius 2 is 2.03 bits per heavy atom. The van der Waals surface area contributed by atoms with Crippen LogP contribution in [0.1, 0.15) is 18.9 Å². The van der Waals surface area contributed by atoms with E-state index < -0.39 is 17.8 Å². The summed E-state index contributed by atoms with van der Waals surface area (Å²) >= 11 is 0. The predicted molar refractivity (Wildman–Crippen MR) is 103 cm³/mol. The van der Waals surface area contributed by atoms with Crippen LogP contribution < -0.4 is 0 Å². The molecule has 0 unspecified atom stereocenters. The van der Waals surface area contributed by atoms with E-state index in [1.807, 2.05) is 13.0 Å². The highest BCUT2D eigenvalue weighted by Crippen LogP contribution is 2.29. The number of aromatic nitrogens is 3. The molecule has 1 aliphatic heterocycles. The van der Waals surface area contributed by atoms with Crippen molar-refractivity contribution >= 4 is 16.9 Å². The monoisotopic (exact) mass is 400 g/mol. The zero-order valence-electron chi connectivity index (χ0n) is 15.7. The number of rotatable bonds is 5. The van der Waals surface area contributed by atoms with Gasteiger partial charge in [-0.3, -0.25) is 14.5 Å². The number of carbonyl (C=O) groups excluding carboxylic acids is 1. The van der Waals surface area contributed by atoms with E-state index in [9.17, 15) is 18.0 Å². The van der Waals surface area contributed by atoms with Crippen LogP contribution in [0.2, 0.25) is 0 Å². The van der Waals surface area contributed by atoms with Gasteiger partial charge in [-0.1, -0.05) is 18.2 Å². The van der Waals surface area contributed by atoms with Gasteiger partial charge in [-0.15, -0.1) is 0 Å². The highest BCUT2D eigenvalue weighted by atomic mass is 19.3. The Kier molecular flexibility index (Phi) is 5.08. The summed E-state index contributed by atoms with van der Waals surface area (Å²) in [7, 11) is 0.